The van der Waals surface area contributed by atoms with Gasteiger partial charge in [0.1, 0.15) is 18.1 Å². The van der Waals surface area contributed by atoms with Crippen LogP contribution in [0.2, 0.25) is 0 Å². The molecule has 0 N–H and O–H groups in total. The van der Waals surface area contributed by atoms with Crippen LogP contribution in [0.3, 0.4) is 0 Å². The van der Waals surface area contributed by atoms with E-state index in [2.05, 4.69) is 9.80 Å². The van der Waals surface area contributed by atoms with E-state index >= 15 is 0 Å². The van der Waals surface area contributed by atoms with Crippen LogP contribution >= 0.6 is 0 Å². The molecule has 0 radical (unpaired) electrons. The minimum absolute atomic E-state index is 0. The van der Waals surface area contributed by atoms with Crippen molar-refractivity contribution in [3.8, 4) is 11.5 Å². The summed E-state index contributed by atoms with van der Waals surface area (Å²) in [7, 11) is 0. The molecule has 3 rings (SSSR count). The molecule has 148 valence electrons. The van der Waals surface area contributed by atoms with E-state index in [1.165, 1.54) is 64.7 Å². The van der Waals surface area contributed by atoms with Crippen molar-refractivity contribution in [1.82, 2.24) is 9.80 Å². The highest BCUT2D eigenvalue weighted by Crippen LogP contribution is 2.18. The molecule has 2 aliphatic rings. The Kier molecular flexibility index (Phi) is 9.86. The number of hydrogen-bond donors (Lipinski definition) is 0. The predicted octanol–water partition coefficient (Wildman–Crippen LogP) is 4.44. The van der Waals surface area contributed by atoms with Crippen molar-refractivity contribution in [2.75, 3.05) is 52.5 Å². The first kappa shape index (κ1) is 21.0. The maximum atomic E-state index is 5.86. The third-order valence-electron chi connectivity index (χ3n) is 5.28. The quantitative estimate of drug-likeness (QED) is 0.606. The third kappa shape index (κ3) is 7.55. The Bertz CT molecular complexity index is 466. The van der Waals surface area contributed by atoms with E-state index in [4.69, 9.17) is 9.47 Å². The first-order valence-electron chi connectivity index (χ1n) is 10.2. The van der Waals surface area contributed by atoms with Gasteiger partial charge < -0.3 is 14.4 Å². The van der Waals surface area contributed by atoms with Crippen molar-refractivity contribution in [3.05, 3.63) is 24.3 Å². The van der Waals surface area contributed by atoms with Crippen LogP contribution in [0.5, 0.6) is 11.5 Å². The lowest BCUT2D eigenvalue weighted by molar-refractivity contribution is 0.183. The van der Waals surface area contributed by atoms with E-state index < -0.39 is 0 Å². The molecule has 1 aromatic carbocycles. The summed E-state index contributed by atoms with van der Waals surface area (Å²) in [4.78, 5) is 5.06. The molecule has 1 aromatic rings. The molecule has 0 aliphatic carbocycles. The van der Waals surface area contributed by atoms with Gasteiger partial charge in [0, 0.05) is 13.1 Å². The highest BCUT2D eigenvalue weighted by molar-refractivity contribution is 5.31. The molecule has 0 atom stereocenters. The van der Waals surface area contributed by atoms with Crippen molar-refractivity contribution in [1.29, 1.82) is 0 Å². The van der Waals surface area contributed by atoms with Gasteiger partial charge in [-0.05, 0) is 82.5 Å². The molecule has 0 amide bonds. The summed E-state index contributed by atoms with van der Waals surface area (Å²) in [6.45, 7) is 8.77. The zero-order valence-electron chi connectivity index (χ0n) is 15.6. The zero-order valence-corrected chi connectivity index (χ0v) is 15.6. The summed E-state index contributed by atoms with van der Waals surface area (Å²) in [6.07, 6.45) is 9.29. The van der Waals surface area contributed by atoms with Crippen molar-refractivity contribution in [2.24, 2.45) is 0 Å². The average molecular weight is 363 g/mol. The van der Waals surface area contributed by atoms with Gasteiger partial charge in [-0.3, -0.25) is 4.90 Å². The number of rotatable bonds is 9. The van der Waals surface area contributed by atoms with E-state index in [-0.39, 0.29) is 7.43 Å². The van der Waals surface area contributed by atoms with Crippen LogP contribution in [0.1, 0.15) is 52.4 Å². The molecule has 2 fully saturated rings. The van der Waals surface area contributed by atoms with Gasteiger partial charge in [0.15, 0.2) is 0 Å². The maximum absolute atomic E-state index is 5.86. The largest absolute Gasteiger partial charge is 0.494 e. The Balaban J connectivity index is 0.00000243. The van der Waals surface area contributed by atoms with Gasteiger partial charge >= 0.3 is 0 Å². The first-order chi connectivity index (χ1) is 12.4. The highest BCUT2D eigenvalue weighted by atomic mass is 16.5. The van der Waals surface area contributed by atoms with Crippen molar-refractivity contribution >= 4 is 0 Å². The van der Waals surface area contributed by atoms with Crippen LogP contribution in [-0.2, 0) is 0 Å². The Labute approximate surface area is 160 Å². The normalized spacial score (nSPS) is 18.9. The molecule has 2 aliphatic heterocycles. The summed E-state index contributed by atoms with van der Waals surface area (Å²) < 4.78 is 11.7. The van der Waals surface area contributed by atoms with Crippen LogP contribution in [-0.4, -0.2) is 62.3 Å². The number of piperidine rings is 2. The number of nitrogens with zero attached hydrogens (tertiary/aromatic N) is 2. The Hall–Kier alpha value is -1.26. The lowest BCUT2D eigenvalue weighted by Crippen LogP contribution is -2.33. The fourth-order valence-corrected chi connectivity index (χ4v) is 3.77. The molecule has 0 saturated carbocycles. The molecule has 0 bridgehead atoms. The van der Waals surface area contributed by atoms with Gasteiger partial charge in [-0.1, -0.05) is 20.3 Å². The molecule has 2 heterocycles. The Morgan fingerprint density at radius 3 is 1.62 bits per heavy atom. The number of hydrogen-bond acceptors (Lipinski definition) is 4. The topological polar surface area (TPSA) is 24.9 Å². The van der Waals surface area contributed by atoms with Gasteiger partial charge in [-0.15, -0.1) is 0 Å². The van der Waals surface area contributed by atoms with E-state index in [1.54, 1.807) is 0 Å². The van der Waals surface area contributed by atoms with Gasteiger partial charge in [0.2, 0.25) is 0 Å². The standard InChI is InChI=1S/C21H34N2O2.CH4/c1-3-12-22(13-4-1)16-7-18-24-20-8-10-21(11-9-20)25-19-17-23-14-5-2-6-15-23;/h8-11H,1-7,12-19H2;1H4. The number of benzene rings is 1. The molecule has 4 nitrogen and oxygen atoms in total. The summed E-state index contributed by atoms with van der Waals surface area (Å²) in [6, 6.07) is 8.10. The lowest BCUT2D eigenvalue weighted by atomic mass is 10.1. The molecular weight excluding hydrogens is 324 g/mol. The van der Waals surface area contributed by atoms with Crippen LogP contribution in [0.25, 0.3) is 0 Å². The van der Waals surface area contributed by atoms with Gasteiger partial charge in [-0.2, -0.15) is 0 Å². The average Bonchev–Trinajstić information content (AvgIpc) is 2.68. The summed E-state index contributed by atoms with van der Waals surface area (Å²) >= 11 is 0. The van der Waals surface area contributed by atoms with E-state index in [0.29, 0.717) is 0 Å². The van der Waals surface area contributed by atoms with Crippen LogP contribution < -0.4 is 9.47 Å². The van der Waals surface area contributed by atoms with E-state index in [0.717, 1.165) is 44.2 Å². The number of likely N-dealkylation sites (tertiary alicyclic amines) is 2. The lowest BCUT2D eigenvalue weighted by Gasteiger charge is -2.26. The number of ether oxygens (including phenoxy) is 2. The monoisotopic (exact) mass is 362 g/mol. The molecule has 2 saturated heterocycles. The second-order valence-corrected chi connectivity index (χ2v) is 7.33. The molecule has 4 heteroatoms. The fraction of sp³-hybridized carbons (Fsp3) is 0.727. The second-order valence-electron chi connectivity index (χ2n) is 7.33. The Morgan fingerprint density at radius 2 is 1.08 bits per heavy atom. The van der Waals surface area contributed by atoms with Gasteiger partial charge in [0.05, 0.1) is 6.61 Å². The molecular formula is C22H38N2O2. The summed E-state index contributed by atoms with van der Waals surface area (Å²) in [5.74, 6) is 1.89. The minimum atomic E-state index is 0. The van der Waals surface area contributed by atoms with Crippen molar-refractivity contribution < 1.29 is 9.47 Å². The van der Waals surface area contributed by atoms with Crippen molar-refractivity contribution in [2.45, 2.75) is 52.4 Å². The van der Waals surface area contributed by atoms with Crippen LogP contribution in [0, 0.1) is 0 Å². The van der Waals surface area contributed by atoms with E-state index in [9.17, 15) is 0 Å². The summed E-state index contributed by atoms with van der Waals surface area (Å²) in [5, 5.41) is 0. The minimum Gasteiger partial charge on any atom is -0.494 e. The second kappa shape index (κ2) is 12.2. The van der Waals surface area contributed by atoms with E-state index in [1.807, 2.05) is 24.3 Å². The van der Waals surface area contributed by atoms with Gasteiger partial charge in [0.25, 0.3) is 0 Å². The maximum Gasteiger partial charge on any atom is 0.119 e. The van der Waals surface area contributed by atoms with Crippen LogP contribution in [0.4, 0.5) is 0 Å². The molecule has 0 unspecified atom stereocenters. The van der Waals surface area contributed by atoms with Crippen molar-refractivity contribution in [3.63, 3.8) is 0 Å². The van der Waals surface area contributed by atoms with Crippen LogP contribution in [0.15, 0.2) is 24.3 Å². The smallest absolute Gasteiger partial charge is 0.119 e. The predicted molar refractivity (Wildman–Crippen MR) is 109 cm³/mol. The first-order valence-corrected chi connectivity index (χ1v) is 10.2. The fourth-order valence-electron chi connectivity index (χ4n) is 3.77. The Morgan fingerprint density at radius 1 is 0.615 bits per heavy atom. The SMILES string of the molecule is C.c1cc(OCCN2CCCCC2)ccc1OCCCN1CCCCC1. The highest BCUT2D eigenvalue weighted by Gasteiger charge is 2.10. The summed E-state index contributed by atoms with van der Waals surface area (Å²) in [5.41, 5.74) is 0. The molecule has 26 heavy (non-hydrogen) atoms. The zero-order chi connectivity index (χ0) is 17.2. The molecule has 0 aromatic heterocycles. The van der Waals surface area contributed by atoms with Gasteiger partial charge in [-0.25, -0.2) is 0 Å². The third-order valence-corrected chi connectivity index (χ3v) is 5.28. The molecule has 0 spiro atoms.